The van der Waals surface area contributed by atoms with Crippen LogP contribution in [0.25, 0.3) is 0 Å². The number of hydrogen-bond donors (Lipinski definition) is 2. The molecule has 0 spiro atoms. The highest BCUT2D eigenvalue weighted by atomic mass is 35.5. The van der Waals surface area contributed by atoms with Gasteiger partial charge in [0.1, 0.15) is 0 Å². The second-order valence-corrected chi connectivity index (χ2v) is 8.17. The Morgan fingerprint density at radius 3 is 2.50 bits per heavy atom. The van der Waals surface area contributed by atoms with Gasteiger partial charge in [-0.2, -0.15) is 5.10 Å². The van der Waals surface area contributed by atoms with Crippen LogP contribution >= 0.6 is 23.2 Å². The summed E-state index contributed by atoms with van der Waals surface area (Å²) in [4.78, 5) is 24.5. The highest BCUT2D eigenvalue weighted by molar-refractivity contribution is 6.32. The van der Waals surface area contributed by atoms with E-state index in [-0.39, 0.29) is 29.2 Å². The van der Waals surface area contributed by atoms with Gasteiger partial charge in [-0.05, 0) is 73.0 Å². The molecule has 0 heterocycles. The van der Waals surface area contributed by atoms with E-state index in [2.05, 4.69) is 15.8 Å². The van der Waals surface area contributed by atoms with Crippen LogP contribution in [0, 0.1) is 13.8 Å². The van der Waals surface area contributed by atoms with Crippen LogP contribution in [0.1, 0.15) is 27.0 Å². The Morgan fingerprint density at radius 1 is 1.06 bits per heavy atom. The fourth-order valence-corrected chi connectivity index (χ4v) is 3.40. The van der Waals surface area contributed by atoms with Gasteiger partial charge in [0.15, 0.2) is 18.1 Å². The molecule has 2 amide bonds. The molecule has 0 bridgehead atoms. The zero-order chi connectivity index (χ0) is 24.7. The van der Waals surface area contributed by atoms with E-state index in [1.807, 2.05) is 32.0 Å². The van der Waals surface area contributed by atoms with Crippen molar-refractivity contribution in [3.05, 3.63) is 86.9 Å². The summed E-state index contributed by atoms with van der Waals surface area (Å²) in [5.74, 6) is -0.177. The first-order valence-electron chi connectivity index (χ1n) is 10.2. The van der Waals surface area contributed by atoms with Crippen LogP contribution in [0.3, 0.4) is 0 Å². The largest absolute Gasteiger partial charge is 0.493 e. The summed E-state index contributed by atoms with van der Waals surface area (Å²) in [6, 6.07) is 15.3. The molecule has 3 rings (SSSR count). The minimum absolute atomic E-state index is 0.225. The normalized spacial score (nSPS) is 10.7. The van der Waals surface area contributed by atoms with Crippen LogP contribution in [0.2, 0.25) is 10.0 Å². The summed E-state index contributed by atoms with van der Waals surface area (Å²) < 4.78 is 11.0. The van der Waals surface area contributed by atoms with E-state index in [9.17, 15) is 9.59 Å². The predicted octanol–water partition coefficient (Wildman–Crippen LogP) is 5.40. The third-order valence-corrected chi connectivity index (χ3v) is 5.50. The van der Waals surface area contributed by atoms with Crippen LogP contribution in [0.15, 0.2) is 59.7 Å². The number of carbonyl (C=O) groups excluding carboxylic acids is 2. The predicted molar refractivity (Wildman–Crippen MR) is 135 cm³/mol. The lowest BCUT2D eigenvalue weighted by Gasteiger charge is -2.14. The average Bonchev–Trinajstić information content (AvgIpc) is 2.81. The second kappa shape index (κ2) is 11.5. The summed E-state index contributed by atoms with van der Waals surface area (Å²) >= 11 is 12.2. The summed E-state index contributed by atoms with van der Waals surface area (Å²) in [6.45, 7) is 3.65. The van der Waals surface area contributed by atoms with E-state index in [1.54, 1.807) is 36.4 Å². The number of hydrazone groups is 1. The highest BCUT2D eigenvalue weighted by Crippen LogP contribution is 2.36. The summed E-state index contributed by atoms with van der Waals surface area (Å²) in [6.07, 6.45) is 1.42. The molecule has 0 aliphatic rings. The average molecular weight is 500 g/mol. The molecule has 0 aliphatic carbocycles. The van der Waals surface area contributed by atoms with Crippen molar-refractivity contribution in [2.45, 2.75) is 13.8 Å². The van der Waals surface area contributed by atoms with Crippen molar-refractivity contribution in [1.82, 2.24) is 5.43 Å². The maximum atomic E-state index is 12.4. The first-order chi connectivity index (χ1) is 16.3. The van der Waals surface area contributed by atoms with Gasteiger partial charge >= 0.3 is 0 Å². The maximum Gasteiger partial charge on any atom is 0.271 e. The smallest absolute Gasteiger partial charge is 0.271 e. The van der Waals surface area contributed by atoms with Crippen molar-refractivity contribution < 1.29 is 19.1 Å². The van der Waals surface area contributed by atoms with E-state index in [1.165, 1.54) is 13.3 Å². The monoisotopic (exact) mass is 499 g/mol. The van der Waals surface area contributed by atoms with Gasteiger partial charge < -0.3 is 14.8 Å². The summed E-state index contributed by atoms with van der Waals surface area (Å²) in [7, 11) is 1.46. The van der Waals surface area contributed by atoms with Crippen molar-refractivity contribution >= 4 is 46.9 Å². The number of nitrogens with zero attached hydrogens (tertiary/aromatic N) is 1. The van der Waals surface area contributed by atoms with E-state index in [0.717, 1.165) is 16.8 Å². The lowest BCUT2D eigenvalue weighted by atomic mass is 10.1. The molecular weight excluding hydrogens is 477 g/mol. The molecule has 34 heavy (non-hydrogen) atoms. The first-order valence-corrected chi connectivity index (χ1v) is 11.0. The van der Waals surface area contributed by atoms with Crippen LogP contribution in [0.4, 0.5) is 5.69 Å². The number of anilines is 1. The topological polar surface area (TPSA) is 89.0 Å². The molecule has 2 N–H and O–H groups in total. The molecule has 0 fully saturated rings. The molecule has 0 aromatic heterocycles. The van der Waals surface area contributed by atoms with Gasteiger partial charge in [-0.15, -0.1) is 0 Å². The molecule has 0 saturated heterocycles. The van der Waals surface area contributed by atoms with Gasteiger partial charge in [0.2, 0.25) is 0 Å². The van der Waals surface area contributed by atoms with Crippen molar-refractivity contribution in [2.24, 2.45) is 5.10 Å². The Balaban J connectivity index is 1.64. The van der Waals surface area contributed by atoms with Gasteiger partial charge in [-0.1, -0.05) is 35.3 Å². The molecule has 9 heteroatoms. The Labute approximate surface area is 207 Å². The third-order valence-electron chi connectivity index (χ3n) is 4.96. The summed E-state index contributed by atoms with van der Waals surface area (Å²) in [5, 5.41) is 7.53. The molecule has 7 nitrogen and oxygen atoms in total. The van der Waals surface area contributed by atoms with Crippen molar-refractivity contribution in [3.63, 3.8) is 0 Å². The number of methoxy groups -OCH3 is 1. The zero-order valence-electron chi connectivity index (χ0n) is 18.8. The van der Waals surface area contributed by atoms with Crippen LogP contribution in [-0.4, -0.2) is 31.7 Å². The number of rotatable bonds is 8. The Kier molecular flexibility index (Phi) is 8.51. The number of nitrogens with one attached hydrogen (secondary N) is 2. The molecular formula is C25H23Cl2N3O4. The Hall–Kier alpha value is -3.55. The maximum absolute atomic E-state index is 12.4. The van der Waals surface area contributed by atoms with Crippen molar-refractivity contribution in [3.8, 4) is 11.5 Å². The number of benzene rings is 3. The van der Waals surface area contributed by atoms with Gasteiger partial charge in [-0.3, -0.25) is 9.59 Å². The van der Waals surface area contributed by atoms with Gasteiger partial charge in [0, 0.05) is 16.3 Å². The number of aryl methyl sites for hydroxylation is 1. The first kappa shape index (κ1) is 25.1. The van der Waals surface area contributed by atoms with Gasteiger partial charge in [0.25, 0.3) is 11.8 Å². The SMILES string of the molecule is COc1cc(/C=N/NC(=O)c2ccc(Cl)cc2)cc(Cl)c1OCC(=O)Nc1cccc(C)c1C. The molecule has 0 radical (unpaired) electrons. The molecule has 3 aromatic rings. The quantitative estimate of drug-likeness (QED) is 0.320. The van der Waals surface area contributed by atoms with Gasteiger partial charge in [0.05, 0.1) is 18.3 Å². The molecule has 0 atom stereocenters. The van der Waals surface area contributed by atoms with E-state index in [0.29, 0.717) is 21.9 Å². The summed E-state index contributed by atoms with van der Waals surface area (Å²) in [5.41, 5.74) is 6.19. The highest BCUT2D eigenvalue weighted by Gasteiger charge is 2.14. The Bertz CT molecular complexity index is 1230. The fraction of sp³-hybridized carbons (Fsp3) is 0.160. The molecule has 176 valence electrons. The molecule has 3 aromatic carbocycles. The van der Waals surface area contributed by atoms with Crippen LogP contribution < -0.4 is 20.2 Å². The minimum Gasteiger partial charge on any atom is -0.493 e. The van der Waals surface area contributed by atoms with E-state index < -0.39 is 0 Å². The van der Waals surface area contributed by atoms with E-state index in [4.69, 9.17) is 32.7 Å². The minimum atomic E-state index is -0.388. The number of hydrogen-bond acceptors (Lipinski definition) is 5. The fourth-order valence-electron chi connectivity index (χ4n) is 3.00. The lowest BCUT2D eigenvalue weighted by molar-refractivity contribution is -0.118. The lowest BCUT2D eigenvalue weighted by Crippen LogP contribution is -2.21. The Morgan fingerprint density at radius 2 is 1.79 bits per heavy atom. The van der Waals surface area contributed by atoms with Crippen LogP contribution in [-0.2, 0) is 4.79 Å². The van der Waals surface area contributed by atoms with E-state index >= 15 is 0 Å². The molecule has 0 aliphatic heterocycles. The molecule has 0 unspecified atom stereocenters. The number of ether oxygens (including phenoxy) is 2. The van der Waals surface area contributed by atoms with Gasteiger partial charge in [-0.25, -0.2) is 5.43 Å². The van der Waals surface area contributed by atoms with Crippen LogP contribution in [0.5, 0.6) is 11.5 Å². The second-order valence-electron chi connectivity index (χ2n) is 7.32. The number of amides is 2. The van der Waals surface area contributed by atoms with Crippen molar-refractivity contribution in [1.29, 1.82) is 0 Å². The standard InChI is InChI=1S/C25H23Cl2N3O4/c1-15-5-4-6-21(16(15)2)29-23(31)14-34-24-20(27)11-17(12-22(24)33-3)13-28-30-25(32)18-7-9-19(26)10-8-18/h4-13H,14H2,1-3H3,(H,29,31)(H,30,32)/b28-13+. The third kappa shape index (κ3) is 6.50. The number of carbonyl (C=O) groups is 2. The molecule has 0 saturated carbocycles. The zero-order valence-corrected chi connectivity index (χ0v) is 20.3. The number of halogens is 2. The van der Waals surface area contributed by atoms with Crippen molar-refractivity contribution in [2.75, 3.05) is 19.0 Å².